The van der Waals surface area contributed by atoms with Gasteiger partial charge in [0, 0.05) is 12.1 Å². The van der Waals surface area contributed by atoms with Gasteiger partial charge in [0.1, 0.15) is 0 Å². The molecule has 0 aliphatic rings. The molecule has 0 aliphatic heterocycles. The third-order valence-electron chi connectivity index (χ3n) is 3.10. The summed E-state index contributed by atoms with van der Waals surface area (Å²) in [4.78, 5) is 11.6. The maximum atomic E-state index is 11.6. The molecule has 5 heteroatoms. The van der Waals surface area contributed by atoms with E-state index in [2.05, 4.69) is 23.1 Å². The fourth-order valence-electron chi connectivity index (χ4n) is 1.94. The van der Waals surface area contributed by atoms with Crippen LogP contribution in [-0.2, 0) is 4.79 Å². The largest absolute Gasteiger partial charge is 0.331 e. The number of unbranched alkanes of at least 4 members (excludes halogenated alkanes) is 5. The third-order valence-corrected chi connectivity index (χ3v) is 3.31. The Hall–Kier alpha value is -1.62. The molecule has 0 bridgehead atoms. The summed E-state index contributed by atoms with van der Waals surface area (Å²) in [5.74, 6) is -0.0253. The maximum Gasteiger partial charge on any atom is 0.238 e. The second-order valence-corrected chi connectivity index (χ2v) is 5.42. The van der Waals surface area contributed by atoms with Crippen molar-refractivity contribution in [1.82, 2.24) is 10.9 Å². The van der Waals surface area contributed by atoms with Gasteiger partial charge in [0.15, 0.2) is 5.11 Å². The van der Waals surface area contributed by atoms with Crippen molar-refractivity contribution in [2.24, 2.45) is 0 Å². The van der Waals surface area contributed by atoms with Crippen LogP contribution in [0.4, 0.5) is 5.69 Å². The number of benzene rings is 1. The highest BCUT2D eigenvalue weighted by atomic mass is 32.1. The van der Waals surface area contributed by atoms with E-state index < -0.39 is 0 Å². The van der Waals surface area contributed by atoms with Gasteiger partial charge in [0.25, 0.3) is 0 Å². The van der Waals surface area contributed by atoms with Gasteiger partial charge in [-0.05, 0) is 30.8 Å². The Morgan fingerprint density at radius 3 is 2.38 bits per heavy atom. The number of nitrogens with one attached hydrogen (secondary N) is 3. The molecule has 21 heavy (non-hydrogen) atoms. The molecule has 0 aromatic heterocycles. The summed E-state index contributed by atoms with van der Waals surface area (Å²) in [6.45, 7) is 2.20. The summed E-state index contributed by atoms with van der Waals surface area (Å²) in [7, 11) is 0. The summed E-state index contributed by atoms with van der Waals surface area (Å²) in [6.07, 6.45) is 7.58. The number of carbonyl (C=O) groups is 1. The number of hydrogen-bond acceptors (Lipinski definition) is 2. The van der Waals surface area contributed by atoms with Gasteiger partial charge in [-0.1, -0.05) is 57.2 Å². The summed E-state index contributed by atoms with van der Waals surface area (Å²) in [5.41, 5.74) is 6.21. The van der Waals surface area contributed by atoms with E-state index in [-0.39, 0.29) is 5.91 Å². The lowest BCUT2D eigenvalue weighted by molar-refractivity contribution is -0.121. The molecule has 0 saturated carbocycles. The van der Waals surface area contributed by atoms with Gasteiger partial charge in [-0.15, -0.1) is 0 Å². The van der Waals surface area contributed by atoms with E-state index in [1.54, 1.807) is 0 Å². The van der Waals surface area contributed by atoms with Crippen molar-refractivity contribution in [1.29, 1.82) is 0 Å². The molecule has 0 saturated heterocycles. The van der Waals surface area contributed by atoms with Crippen LogP contribution in [0.15, 0.2) is 30.3 Å². The number of carbonyl (C=O) groups excluding carboxylic acids is 1. The molecular formula is C16H25N3OS. The Balaban J connectivity index is 2.05. The van der Waals surface area contributed by atoms with Crippen LogP contribution in [0.1, 0.15) is 51.9 Å². The fraction of sp³-hybridized carbons (Fsp3) is 0.500. The molecule has 0 unspecified atom stereocenters. The molecule has 1 aromatic carbocycles. The van der Waals surface area contributed by atoms with Crippen LogP contribution in [0.3, 0.4) is 0 Å². The van der Waals surface area contributed by atoms with Crippen molar-refractivity contribution in [3.05, 3.63) is 30.3 Å². The average molecular weight is 307 g/mol. The van der Waals surface area contributed by atoms with Gasteiger partial charge < -0.3 is 5.32 Å². The second-order valence-electron chi connectivity index (χ2n) is 5.01. The van der Waals surface area contributed by atoms with Crippen LogP contribution in [0.2, 0.25) is 0 Å². The zero-order valence-corrected chi connectivity index (χ0v) is 13.5. The van der Waals surface area contributed by atoms with Crippen LogP contribution in [0, 0.1) is 0 Å². The first-order valence-electron chi connectivity index (χ1n) is 7.63. The third kappa shape index (κ3) is 9.02. The first-order valence-corrected chi connectivity index (χ1v) is 8.04. The van der Waals surface area contributed by atoms with Crippen molar-refractivity contribution < 1.29 is 4.79 Å². The Kier molecular flexibility index (Phi) is 9.20. The van der Waals surface area contributed by atoms with Gasteiger partial charge in [0.05, 0.1) is 0 Å². The lowest BCUT2D eigenvalue weighted by Gasteiger charge is -2.11. The standard InChI is InChI=1S/C16H25N3OS/c1-2-3-4-5-6-10-13-15(20)18-19-16(21)17-14-11-8-7-9-12-14/h7-9,11-12H,2-6,10,13H2,1H3,(H,18,20)(H2,17,19,21). The summed E-state index contributed by atoms with van der Waals surface area (Å²) in [6, 6.07) is 9.59. The maximum absolute atomic E-state index is 11.6. The predicted octanol–water partition coefficient (Wildman–Crippen LogP) is 3.75. The molecule has 0 atom stereocenters. The number of rotatable bonds is 8. The highest BCUT2D eigenvalue weighted by Gasteiger charge is 2.02. The van der Waals surface area contributed by atoms with Crippen LogP contribution in [0.25, 0.3) is 0 Å². The predicted molar refractivity (Wildman–Crippen MR) is 91.9 cm³/mol. The number of thiocarbonyl (C=S) groups is 1. The van der Waals surface area contributed by atoms with E-state index in [1.165, 1.54) is 25.7 Å². The number of para-hydroxylation sites is 1. The molecule has 1 aromatic rings. The Labute approximate surface area is 132 Å². The zero-order chi connectivity index (χ0) is 15.3. The second kappa shape index (κ2) is 11.1. The van der Waals surface area contributed by atoms with Gasteiger partial charge in [-0.3, -0.25) is 15.6 Å². The molecular weight excluding hydrogens is 282 g/mol. The first-order chi connectivity index (χ1) is 10.2. The minimum absolute atomic E-state index is 0.0253. The molecule has 0 radical (unpaired) electrons. The Morgan fingerprint density at radius 1 is 1.00 bits per heavy atom. The SMILES string of the molecule is CCCCCCCCC(=O)NNC(=S)Nc1ccccc1. The number of hydrogen-bond donors (Lipinski definition) is 3. The first kappa shape index (κ1) is 17.4. The molecule has 4 nitrogen and oxygen atoms in total. The lowest BCUT2D eigenvalue weighted by atomic mass is 10.1. The molecule has 1 rings (SSSR count). The van der Waals surface area contributed by atoms with Gasteiger partial charge in [0.2, 0.25) is 5.91 Å². The molecule has 0 aliphatic carbocycles. The van der Waals surface area contributed by atoms with Crippen LogP contribution in [-0.4, -0.2) is 11.0 Å². The molecule has 3 N–H and O–H groups in total. The highest BCUT2D eigenvalue weighted by molar-refractivity contribution is 7.80. The molecule has 1 amide bonds. The smallest absolute Gasteiger partial charge is 0.238 e. The Morgan fingerprint density at radius 2 is 1.67 bits per heavy atom. The fourth-order valence-corrected chi connectivity index (χ4v) is 2.11. The number of hydrazine groups is 1. The van der Waals surface area contributed by atoms with E-state index in [1.807, 2.05) is 30.3 Å². The normalized spacial score (nSPS) is 9.95. The molecule has 0 spiro atoms. The van der Waals surface area contributed by atoms with Gasteiger partial charge in [-0.25, -0.2) is 0 Å². The lowest BCUT2D eigenvalue weighted by Crippen LogP contribution is -2.43. The highest BCUT2D eigenvalue weighted by Crippen LogP contribution is 2.06. The summed E-state index contributed by atoms with van der Waals surface area (Å²) >= 11 is 5.10. The molecule has 0 fully saturated rings. The van der Waals surface area contributed by atoms with Crippen LogP contribution >= 0.6 is 12.2 Å². The topological polar surface area (TPSA) is 53.2 Å². The molecule has 116 valence electrons. The summed E-state index contributed by atoms with van der Waals surface area (Å²) in [5, 5.41) is 3.38. The van der Waals surface area contributed by atoms with E-state index in [0.717, 1.165) is 18.5 Å². The van der Waals surface area contributed by atoms with Gasteiger partial charge >= 0.3 is 0 Å². The minimum atomic E-state index is -0.0253. The van der Waals surface area contributed by atoms with Crippen molar-refractivity contribution in [3.8, 4) is 0 Å². The summed E-state index contributed by atoms with van der Waals surface area (Å²) < 4.78 is 0. The minimum Gasteiger partial charge on any atom is -0.331 e. The van der Waals surface area contributed by atoms with E-state index in [0.29, 0.717) is 11.5 Å². The molecule has 0 heterocycles. The van der Waals surface area contributed by atoms with Crippen LogP contribution in [0.5, 0.6) is 0 Å². The van der Waals surface area contributed by atoms with E-state index in [9.17, 15) is 4.79 Å². The van der Waals surface area contributed by atoms with E-state index in [4.69, 9.17) is 12.2 Å². The Bertz CT molecular complexity index is 423. The monoisotopic (exact) mass is 307 g/mol. The zero-order valence-electron chi connectivity index (χ0n) is 12.7. The van der Waals surface area contributed by atoms with E-state index >= 15 is 0 Å². The quantitative estimate of drug-likeness (QED) is 0.389. The van der Waals surface area contributed by atoms with Crippen molar-refractivity contribution in [3.63, 3.8) is 0 Å². The van der Waals surface area contributed by atoms with Crippen molar-refractivity contribution in [2.75, 3.05) is 5.32 Å². The average Bonchev–Trinajstić information content (AvgIpc) is 2.50. The van der Waals surface area contributed by atoms with Gasteiger partial charge in [-0.2, -0.15) is 0 Å². The van der Waals surface area contributed by atoms with Crippen molar-refractivity contribution in [2.45, 2.75) is 51.9 Å². The number of anilines is 1. The van der Waals surface area contributed by atoms with Crippen molar-refractivity contribution >= 4 is 28.9 Å². The number of amides is 1. The van der Waals surface area contributed by atoms with Crippen LogP contribution < -0.4 is 16.2 Å².